The Labute approximate surface area is 252 Å². The second kappa shape index (κ2) is 12.9. The Morgan fingerprint density at radius 2 is 0.465 bits per heavy atom. The molecule has 6 rings (SSSR count). The van der Waals surface area contributed by atoms with E-state index in [-0.39, 0.29) is 19.8 Å². The van der Waals surface area contributed by atoms with Crippen molar-refractivity contribution >= 4 is 17.1 Å². The highest BCUT2D eigenvalue weighted by molar-refractivity contribution is 5.81. The first-order valence-electron chi connectivity index (χ1n) is 14.4. The molecule has 0 amide bonds. The molecule has 0 saturated carbocycles. The predicted molar refractivity (Wildman–Crippen MR) is 175 cm³/mol. The molecule has 0 saturated heterocycles. The third kappa shape index (κ3) is 6.27. The molecule has 0 aliphatic carbocycles. The third-order valence-electron chi connectivity index (χ3n) is 7.79. The summed E-state index contributed by atoms with van der Waals surface area (Å²) in [6.07, 6.45) is 0. The monoisotopic (exact) mass is 563 g/mol. The number of hydrogen-bond donors (Lipinski definition) is 3. The molecule has 3 N–H and O–H groups in total. The number of anilines is 3. The molecular formula is C39H33NO3. The van der Waals surface area contributed by atoms with E-state index in [1.807, 2.05) is 72.8 Å². The van der Waals surface area contributed by atoms with Crippen LogP contribution in [0.5, 0.6) is 0 Å². The second-order valence-corrected chi connectivity index (χ2v) is 10.5. The van der Waals surface area contributed by atoms with Crippen LogP contribution in [0, 0.1) is 0 Å². The normalized spacial score (nSPS) is 11.0. The van der Waals surface area contributed by atoms with Gasteiger partial charge >= 0.3 is 0 Å². The SMILES string of the molecule is OCc1ccc(-c2ccc(N(c3ccc(-c4ccc(CO)cc4)cc3)c3ccc(-c4ccc(CO)cc4)cc3)cc2)cc1. The lowest BCUT2D eigenvalue weighted by Crippen LogP contribution is -2.09. The summed E-state index contributed by atoms with van der Waals surface area (Å²) in [4.78, 5) is 2.25. The molecule has 0 radical (unpaired) electrons. The van der Waals surface area contributed by atoms with Crippen molar-refractivity contribution < 1.29 is 15.3 Å². The van der Waals surface area contributed by atoms with E-state index in [4.69, 9.17) is 0 Å². The van der Waals surface area contributed by atoms with Crippen LogP contribution in [0.4, 0.5) is 17.1 Å². The molecule has 0 aliphatic rings. The fraction of sp³-hybridized carbons (Fsp3) is 0.0769. The van der Waals surface area contributed by atoms with E-state index in [0.717, 1.165) is 67.1 Å². The largest absolute Gasteiger partial charge is 0.392 e. The zero-order chi connectivity index (χ0) is 29.6. The van der Waals surface area contributed by atoms with Gasteiger partial charge in [0.25, 0.3) is 0 Å². The summed E-state index contributed by atoms with van der Waals surface area (Å²) in [7, 11) is 0. The van der Waals surface area contributed by atoms with Gasteiger partial charge in [0.05, 0.1) is 19.8 Å². The van der Waals surface area contributed by atoms with E-state index in [1.54, 1.807) is 0 Å². The van der Waals surface area contributed by atoms with Crippen molar-refractivity contribution in [2.75, 3.05) is 4.90 Å². The van der Waals surface area contributed by atoms with Crippen molar-refractivity contribution in [1.82, 2.24) is 0 Å². The second-order valence-electron chi connectivity index (χ2n) is 10.5. The van der Waals surface area contributed by atoms with Crippen molar-refractivity contribution in [3.8, 4) is 33.4 Å². The maximum absolute atomic E-state index is 9.40. The molecule has 6 aromatic rings. The molecule has 0 heterocycles. The van der Waals surface area contributed by atoms with Crippen molar-refractivity contribution in [2.45, 2.75) is 19.8 Å². The topological polar surface area (TPSA) is 63.9 Å². The van der Waals surface area contributed by atoms with Crippen molar-refractivity contribution in [2.24, 2.45) is 0 Å². The summed E-state index contributed by atoms with van der Waals surface area (Å²) >= 11 is 0. The Morgan fingerprint density at radius 3 is 0.651 bits per heavy atom. The lowest BCUT2D eigenvalue weighted by Gasteiger charge is -2.26. The van der Waals surface area contributed by atoms with Crippen LogP contribution in [-0.2, 0) is 19.8 Å². The number of rotatable bonds is 9. The van der Waals surface area contributed by atoms with Gasteiger partial charge in [-0.05, 0) is 86.5 Å². The van der Waals surface area contributed by atoms with Gasteiger partial charge < -0.3 is 20.2 Å². The van der Waals surface area contributed by atoms with Crippen LogP contribution < -0.4 is 4.90 Å². The lowest BCUT2D eigenvalue weighted by atomic mass is 10.0. The fourth-order valence-corrected chi connectivity index (χ4v) is 5.26. The molecule has 0 unspecified atom stereocenters. The van der Waals surface area contributed by atoms with Crippen LogP contribution >= 0.6 is 0 Å². The van der Waals surface area contributed by atoms with Gasteiger partial charge in [0, 0.05) is 17.1 Å². The van der Waals surface area contributed by atoms with Gasteiger partial charge in [0.2, 0.25) is 0 Å². The molecule has 4 nitrogen and oxygen atoms in total. The van der Waals surface area contributed by atoms with Crippen molar-refractivity contribution in [3.63, 3.8) is 0 Å². The minimum Gasteiger partial charge on any atom is -0.392 e. The number of nitrogens with zero attached hydrogens (tertiary/aromatic N) is 1. The highest BCUT2D eigenvalue weighted by Crippen LogP contribution is 2.37. The van der Waals surface area contributed by atoms with Crippen LogP contribution in [-0.4, -0.2) is 15.3 Å². The molecule has 0 spiro atoms. The zero-order valence-electron chi connectivity index (χ0n) is 23.8. The predicted octanol–water partition coefficient (Wildman–Crippen LogP) is 8.63. The van der Waals surface area contributed by atoms with Gasteiger partial charge in [0.1, 0.15) is 0 Å². The number of aliphatic hydroxyl groups excluding tert-OH is 3. The quantitative estimate of drug-likeness (QED) is 0.165. The summed E-state index contributed by atoms with van der Waals surface area (Å²) < 4.78 is 0. The Kier molecular flexibility index (Phi) is 8.43. The average molecular weight is 564 g/mol. The van der Waals surface area contributed by atoms with Gasteiger partial charge in [-0.3, -0.25) is 0 Å². The maximum atomic E-state index is 9.40. The standard InChI is InChI=1S/C39H33NO3/c41-25-28-1-7-31(8-2-28)34-13-19-37(20-14-34)40(38-21-15-35(16-22-38)32-9-3-29(26-42)4-10-32)39-23-17-36(18-24-39)33-11-5-30(27-43)6-12-33/h1-24,41-43H,25-27H2. The van der Waals surface area contributed by atoms with Crippen molar-refractivity contribution in [3.05, 3.63) is 162 Å². The van der Waals surface area contributed by atoms with Crippen molar-refractivity contribution in [1.29, 1.82) is 0 Å². The minimum absolute atomic E-state index is 0.0354. The van der Waals surface area contributed by atoms with E-state index in [1.165, 1.54) is 0 Å². The van der Waals surface area contributed by atoms with Gasteiger partial charge in [-0.2, -0.15) is 0 Å². The molecule has 4 heteroatoms. The first-order valence-corrected chi connectivity index (χ1v) is 14.4. The summed E-state index contributed by atoms with van der Waals surface area (Å²) in [5, 5.41) is 28.2. The first kappa shape index (κ1) is 28.1. The molecule has 0 fully saturated rings. The van der Waals surface area contributed by atoms with E-state index in [9.17, 15) is 15.3 Å². The molecule has 0 bridgehead atoms. The Morgan fingerprint density at radius 1 is 0.279 bits per heavy atom. The number of aliphatic hydroxyl groups is 3. The van der Waals surface area contributed by atoms with Gasteiger partial charge in [-0.15, -0.1) is 0 Å². The summed E-state index contributed by atoms with van der Waals surface area (Å²) in [5.41, 5.74) is 12.4. The summed E-state index contributed by atoms with van der Waals surface area (Å²) in [6.45, 7) is 0.106. The van der Waals surface area contributed by atoms with E-state index in [2.05, 4.69) is 77.7 Å². The molecular weight excluding hydrogens is 530 g/mol. The molecule has 6 aromatic carbocycles. The molecule has 0 aliphatic heterocycles. The van der Waals surface area contributed by atoms with E-state index >= 15 is 0 Å². The molecule has 212 valence electrons. The average Bonchev–Trinajstić information content (AvgIpc) is 3.09. The summed E-state index contributed by atoms with van der Waals surface area (Å²) in [5.74, 6) is 0. The summed E-state index contributed by atoms with van der Waals surface area (Å²) in [6, 6.07) is 49.5. The molecule has 0 atom stereocenters. The molecule has 43 heavy (non-hydrogen) atoms. The van der Waals surface area contributed by atoms with E-state index in [0.29, 0.717) is 0 Å². The first-order chi connectivity index (χ1) is 21.1. The van der Waals surface area contributed by atoms with Gasteiger partial charge in [-0.1, -0.05) is 109 Å². The third-order valence-corrected chi connectivity index (χ3v) is 7.79. The fourth-order valence-electron chi connectivity index (χ4n) is 5.26. The van der Waals surface area contributed by atoms with Crippen LogP contribution in [0.2, 0.25) is 0 Å². The highest BCUT2D eigenvalue weighted by atomic mass is 16.3. The maximum Gasteiger partial charge on any atom is 0.0681 e. The molecule has 0 aromatic heterocycles. The Hall–Kier alpha value is -5.00. The van der Waals surface area contributed by atoms with Crippen LogP contribution in [0.3, 0.4) is 0 Å². The number of benzene rings is 6. The van der Waals surface area contributed by atoms with Gasteiger partial charge in [0.15, 0.2) is 0 Å². The zero-order valence-corrected chi connectivity index (χ0v) is 23.8. The van der Waals surface area contributed by atoms with Gasteiger partial charge in [-0.25, -0.2) is 0 Å². The smallest absolute Gasteiger partial charge is 0.0681 e. The minimum atomic E-state index is 0.0354. The highest BCUT2D eigenvalue weighted by Gasteiger charge is 2.14. The Balaban J connectivity index is 1.34. The number of hydrogen-bond acceptors (Lipinski definition) is 4. The lowest BCUT2D eigenvalue weighted by molar-refractivity contribution is 0.281. The van der Waals surface area contributed by atoms with Crippen LogP contribution in [0.15, 0.2) is 146 Å². The Bertz CT molecular complexity index is 1540. The van der Waals surface area contributed by atoms with Crippen LogP contribution in [0.1, 0.15) is 16.7 Å². The van der Waals surface area contributed by atoms with E-state index < -0.39 is 0 Å². The van der Waals surface area contributed by atoms with Crippen LogP contribution in [0.25, 0.3) is 33.4 Å².